The minimum absolute atomic E-state index is 0.102. The first kappa shape index (κ1) is 29.0. The number of amides is 2. The highest BCUT2D eigenvalue weighted by Crippen LogP contribution is 2.51. The molecular weight excluding hydrogens is 615 g/mol. The number of hydrogen-bond acceptors (Lipinski definition) is 7. The van der Waals surface area contributed by atoms with E-state index in [1.807, 2.05) is 47.9 Å². The Morgan fingerprint density at radius 2 is 2.05 bits per heavy atom. The van der Waals surface area contributed by atoms with Crippen molar-refractivity contribution in [1.29, 1.82) is 0 Å². The number of carbonyl (C=O) groups excluding carboxylic acids is 2. The van der Waals surface area contributed by atoms with Gasteiger partial charge in [0.05, 0.1) is 30.2 Å². The van der Waals surface area contributed by atoms with Crippen molar-refractivity contribution in [1.82, 2.24) is 9.88 Å². The quantitative estimate of drug-likeness (QED) is 0.168. The Morgan fingerprint density at radius 1 is 1.19 bits per heavy atom. The van der Waals surface area contributed by atoms with Crippen LogP contribution in [0.4, 0.5) is 0 Å². The molecule has 3 aromatic rings. The van der Waals surface area contributed by atoms with Gasteiger partial charge in [-0.2, -0.15) is 0 Å². The predicted molar refractivity (Wildman–Crippen MR) is 167 cm³/mol. The number of hydrogen-bond donors (Lipinski definition) is 2. The number of halogens is 1. The van der Waals surface area contributed by atoms with Gasteiger partial charge in [0.25, 0.3) is 0 Å². The van der Waals surface area contributed by atoms with Crippen molar-refractivity contribution in [2.75, 3.05) is 0 Å². The van der Waals surface area contributed by atoms with Crippen LogP contribution >= 0.6 is 27.3 Å². The summed E-state index contributed by atoms with van der Waals surface area (Å²) in [6.45, 7) is 2.39. The van der Waals surface area contributed by atoms with Gasteiger partial charge in [0, 0.05) is 21.1 Å². The van der Waals surface area contributed by atoms with E-state index in [1.165, 1.54) is 4.90 Å². The number of aromatic hydroxyl groups is 1. The number of nitrogens with zero attached hydrogens (tertiary/aromatic N) is 2. The zero-order valence-electron chi connectivity index (χ0n) is 23.3. The maximum atomic E-state index is 13.8. The smallest absolute Gasteiger partial charge is 0.455 e. The molecule has 1 aliphatic carbocycles. The van der Waals surface area contributed by atoms with Crippen molar-refractivity contribution in [3.05, 3.63) is 91.9 Å². The molecule has 7 nitrogen and oxygen atoms in total. The van der Waals surface area contributed by atoms with Crippen molar-refractivity contribution in [3.63, 3.8) is 0 Å². The number of benzene rings is 1. The van der Waals surface area contributed by atoms with Crippen LogP contribution in [0.5, 0.6) is 5.75 Å². The van der Waals surface area contributed by atoms with Crippen LogP contribution in [-0.2, 0) is 20.8 Å². The Bertz CT molecular complexity index is 1540. The van der Waals surface area contributed by atoms with Gasteiger partial charge in [0.15, 0.2) is 0 Å². The number of allylic oxidation sites excluding steroid dienone is 2. The predicted octanol–water partition coefficient (Wildman–Crippen LogP) is 6.34. The molecule has 216 valence electrons. The van der Waals surface area contributed by atoms with E-state index in [4.69, 9.17) is 4.65 Å². The fourth-order valence-electron chi connectivity index (χ4n) is 6.82. The zero-order chi connectivity index (χ0) is 29.4. The van der Waals surface area contributed by atoms with Gasteiger partial charge in [-0.05, 0) is 96.9 Å². The van der Waals surface area contributed by atoms with Crippen LogP contribution < -0.4 is 0 Å². The molecule has 0 saturated carbocycles. The highest BCUT2D eigenvalue weighted by Gasteiger charge is 2.57. The molecule has 0 unspecified atom stereocenters. The van der Waals surface area contributed by atoms with Crippen LogP contribution in [0.2, 0.25) is 6.32 Å². The lowest BCUT2D eigenvalue weighted by Gasteiger charge is -2.43. The minimum atomic E-state index is -1.02. The summed E-state index contributed by atoms with van der Waals surface area (Å²) in [6, 6.07) is 14.9. The highest BCUT2D eigenvalue weighted by molar-refractivity contribution is 9.10. The van der Waals surface area contributed by atoms with Crippen LogP contribution in [0.1, 0.15) is 48.7 Å². The Morgan fingerprint density at radius 3 is 2.79 bits per heavy atom. The van der Waals surface area contributed by atoms with Crippen LogP contribution in [0.3, 0.4) is 0 Å². The monoisotopic (exact) mass is 646 g/mol. The Balaban J connectivity index is 1.30. The lowest BCUT2D eigenvalue weighted by Crippen LogP contribution is -2.46. The van der Waals surface area contributed by atoms with Gasteiger partial charge in [-0.15, -0.1) is 11.3 Å². The van der Waals surface area contributed by atoms with Crippen molar-refractivity contribution in [2.24, 2.45) is 17.8 Å². The van der Waals surface area contributed by atoms with Crippen LogP contribution in [0.15, 0.2) is 75.7 Å². The van der Waals surface area contributed by atoms with Gasteiger partial charge >= 0.3 is 7.12 Å². The number of carbonyl (C=O) groups is 2. The van der Waals surface area contributed by atoms with E-state index in [1.54, 1.807) is 29.7 Å². The number of imide groups is 1. The summed E-state index contributed by atoms with van der Waals surface area (Å²) in [5.74, 6) is -1.18. The molecule has 10 heteroatoms. The van der Waals surface area contributed by atoms with Gasteiger partial charge in [-0.3, -0.25) is 19.5 Å². The molecule has 2 fully saturated rings. The van der Waals surface area contributed by atoms with Crippen LogP contribution in [0, 0.1) is 17.8 Å². The summed E-state index contributed by atoms with van der Waals surface area (Å²) in [7, 11) is -1.02. The van der Waals surface area contributed by atoms with Gasteiger partial charge in [-0.1, -0.05) is 40.6 Å². The Labute approximate surface area is 258 Å². The second kappa shape index (κ2) is 12.3. The first-order valence-electron chi connectivity index (χ1n) is 14.4. The average molecular weight is 647 g/mol. The third-order valence-corrected chi connectivity index (χ3v) is 10.1. The molecule has 0 radical (unpaired) electrons. The van der Waals surface area contributed by atoms with E-state index in [2.05, 4.69) is 27.8 Å². The first-order valence-corrected chi connectivity index (χ1v) is 16.0. The molecular formula is C32H32BBrN2O5S. The number of rotatable bonds is 8. The number of aromatic nitrogens is 1. The fourth-order valence-corrected chi connectivity index (χ4v) is 7.90. The molecule has 2 aliphatic heterocycles. The minimum Gasteiger partial charge on any atom is -0.507 e. The maximum Gasteiger partial charge on any atom is 0.455 e. The van der Waals surface area contributed by atoms with Crippen molar-refractivity contribution in [2.45, 2.75) is 51.6 Å². The van der Waals surface area contributed by atoms with E-state index in [-0.39, 0.29) is 23.5 Å². The highest BCUT2D eigenvalue weighted by atomic mass is 79.9. The molecule has 2 N–H and O–H groups in total. The molecule has 0 spiro atoms. The normalized spacial score (nSPS) is 24.3. The van der Waals surface area contributed by atoms with E-state index in [0.717, 1.165) is 38.2 Å². The molecule has 2 saturated heterocycles. The van der Waals surface area contributed by atoms with Crippen molar-refractivity contribution >= 4 is 57.8 Å². The number of fused-ring (bicyclic) bond motifs is 3. The number of phenolic OH excluding ortho intramolecular Hbond substituents is 1. The first-order chi connectivity index (χ1) is 20.3. The zero-order valence-corrected chi connectivity index (χ0v) is 25.7. The summed E-state index contributed by atoms with van der Waals surface area (Å²) in [6.07, 6.45) is 6.01. The summed E-state index contributed by atoms with van der Waals surface area (Å²) in [5, 5.41) is 23.4. The summed E-state index contributed by atoms with van der Waals surface area (Å²) in [4.78, 5) is 34.3. The molecule has 2 aromatic heterocycles. The van der Waals surface area contributed by atoms with E-state index in [9.17, 15) is 19.7 Å². The number of phenols is 1. The van der Waals surface area contributed by atoms with E-state index < -0.39 is 25.1 Å². The molecule has 6 rings (SSSR count). The van der Waals surface area contributed by atoms with Gasteiger partial charge in [0.1, 0.15) is 5.75 Å². The second-order valence-electron chi connectivity index (χ2n) is 11.1. The SMILES string of the molecule is CCC1=C2[C@@H](CC/C(=C/c3cc(Br)ccc3O)c3ccccn3)OB(O)C[C@@H]2[C@@H]2C(=O)N(Cc3cccs3)C(=O)[C@@H]2C1. The third-order valence-electron chi connectivity index (χ3n) is 8.71. The molecule has 4 heterocycles. The molecule has 1 aromatic carbocycles. The summed E-state index contributed by atoms with van der Waals surface area (Å²) in [5.41, 5.74) is 4.62. The standard InChI is InChI=1S/C32H32BBrN2O5S/c1-2-19-16-24-30(32(39)36(31(24)38)18-23-6-5-13-42-23)25-17-33(40)41-28(29(19)25)11-8-20(26-7-3-4-12-35-26)14-21-15-22(34)9-10-27(21)37/h3-7,9-10,12-15,24-25,28,30,37,40H,2,8,11,16-18H2,1H3/b20-14-/t24-,25+,28-,30-/m1/s1. The third kappa shape index (κ3) is 5.65. The fraction of sp³-hybridized carbons (Fsp3) is 0.344. The number of likely N-dealkylation sites (tertiary alicyclic amines) is 1. The molecule has 3 aliphatic rings. The number of thiophene rings is 1. The van der Waals surface area contributed by atoms with E-state index in [0.29, 0.717) is 37.7 Å². The second-order valence-corrected chi connectivity index (χ2v) is 13.1. The Kier molecular flexibility index (Phi) is 8.50. The maximum absolute atomic E-state index is 13.8. The van der Waals surface area contributed by atoms with Crippen LogP contribution in [0.25, 0.3) is 11.6 Å². The van der Waals surface area contributed by atoms with Crippen LogP contribution in [-0.4, -0.2) is 45.1 Å². The van der Waals surface area contributed by atoms with E-state index >= 15 is 0 Å². The van der Waals surface area contributed by atoms with Crippen molar-refractivity contribution in [3.8, 4) is 5.75 Å². The van der Waals surface area contributed by atoms with Crippen molar-refractivity contribution < 1.29 is 24.4 Å². The van der Waals surface area contributed by atoms with Gasteiger partial charge in [0.2, 0.25) is 11.8 Å². The molecule has 4 atom stereocenters. The average Bonchev–Trinajstić information content (AvgIpc) is 3.59. The van der Waals surface area contributed by atoms with Gasteiger partial charge < -0.3 is 14.8 Å². The summed E-state index contributed by atoms with van der Waals surface area (Å²) >= 11 is 5.03. The summed E-state index contributed by atoms with van der Waals surface area (Å²) < 4.78 is 7.03. The number of pyridine rings is 1. The molecule has 2 amide bonds. The molecule has 42 heavy (non-hydrogen) atoms. The largest absolute Gasteiger partial charge is 0.507 e. The lowest BCUT2D eigenvalue weighted by molar-refractivity contribution is -0.140. The Hall–Kier alpha value is -3.05. The lowest BCUT2D eigenvalue weighted by atomic mass is 9.58. The molecule has 0 bridgehead atoms. The van der Waals surface area contributed by atoms with Gasteiger partial charge in [-0.25, -0.2) is 0 Å². The topological polar surface area (TPSA) is 100.0 Å².